The van der Waals surface area contributed by atoms with E-state index in [1.165, 1.54) is 10.3 Å². The molecular weight excluding hydrogens is 456 g/mol. The summed E-state index contributed by atoms with van der Waals surface area (Å²) >= 11 is 1.74. The smallest absolute Gasteiger partial charge is 0.221 e. The average Bonchev–Trinajstić information content (AvgIpc) is 3.24. The monoisotopic (exact) mass is 486 g/mol. The van der Waals surface area contributed by atoms with Crippen molar-refractivity contribution in [1.82, 2.24) is 15.2 Å². The molecule has 176 valence electrons. The maximum absolute atomic E-state index is 12.4. The van der Waals surface area contributed by atoms with Gasteiger partial charge in [-0.05, 0) is 37.6 Å². The first-order valence-corrected chi connectivity index (χ1v) is 13.7. The van der Waals surface area contributed by atoms with Crippen molar-refractivity contribution in [3.63, 3.8) is 0 Å². The Morgan fingerprint density at radius 1 is 1.06 bits per heavy atom. The molecule has 0 aliphatic carbocycles. The Morgan fingerprint density at radius 3 is 2.48 bits per heavy atom. The highest BCUT2D eigenvalue weighted by molar-refractivity contribution is 7.91. The van der Waals surface area contributed by atoms with Crippen LogP contribution >= 0.6 is 11.3 Å². The third kappa shape index (κ3) is 5.90. The second kappa shape index (κ2) is 10.2. The Morgan fingerprint density at radius 2 is 1.79 bits per heavy atom. The number of piperazine rings is 1. The summed E-state index contributed by atoms with van der Waals surface area (Å²) in [7, 11) is -3.44. The van der Waals surface area contributed by atoms with Gasteiger partial charge >= 0.3 is 0 Å². The van der Waals surface area contributed by atoms with Gasteiger partial charge in [-0.1, -0.05) is 41.2 Å². The van der Waals surface area contributed by atoms with Crippen molar-refractivity contribution in [1.29, 1.82) is 0 Å². The molecule has 7 nitrogen and oxygen atoms in total. The van der Waals surface area contributed by atoms with Crippen molar-refractivity contribution in [2.45, 2.75) is 25.2 Å². The summed E-state index contributed by atoms with van der Waals surface area (Å²) in [4.78, 5) is 21.9. The van der Waals surface area contributed by atoms with Gasteiger partial charge in [0, 0.05) is 45.7 Å². The highest BCUT2D eigenvalue weighted by Gasteiger charge is 2.20. The number of nitrogens with one attached hydrogen (secondary N) is 1. The molecule has 0 radical (unpaired) electrons. The molecule has 0 atom stereocenters. The number of aryl methyl sites for hydroxylation is 2. The topological polar surface area (TPSA) is 82.6 Å². The van der Waals surface area contributed by atoms with Gasteiger partial charge in [0.05, 0.1) is 20.9 Å². The summed E-state index contributed by atoms with van der Waals surface area (Å²) in [6, 6.07) is 13.0. The van der Waals surface area contributed by atoms with Crippen LogP contribution < -0.4 is 10.2 Å². The number of hydrogen-bond donors (Lipinski definition) is 1. The van der Waals surface area contributed by atoms with Crippen LogP contribution in [0, 0.1) is 13.8 Å². The molecule has 1 aliphatic heterocycles. The first-order valence-electron chi connectivity index (χ1n) is 11.2. The van der Waals surface area contributed by atoms with Gasteiger partial charge in [0.2, 0.25) is 5.91 Å². The van der Waals surface area contributed by atoms with Gasteiger partial charge in [0.25, 0.3) is 0 Å². The minimum absolute atomic E-state index is 0.0268. The molecule has 0 bridgehead atoms. The summed E-state index contributed by atoms with van der Waals surface area (Å²) in [5.74, 6) is -0.406. The van der Waals surface area contributed by atoms with Crippen LogP contribution in [0.25, 0.3) is 10.2 Å². The minimum Gasteiger partial charge on any atom is -0.355 e. The zero-order valence-electron chi connectivity index (χ0n) is 19.1. The lowest BCUT2D eigenvalue weighted by molar-refractivity contribution is -0.120. The SMILES string of the molecule is Cc1ccc(S(=O)(=O)CCC(=O)NCCN2CCN(c3nc4c(C)cccc4s3)CC2)cc1. The molecule has 33 heavy (non-hydrogen) atoms. The number of carbonyl (C=O) groups is 1. The Kier molecular flexibility index (Phi) is 7.31. The molecule has 2 aromatic carbocycles. The highest BCUT2D eigenvalue weighted by atomic mass is 32.2. The van der Waals surface area contributed by atoms with Gasteiger partial charge in [-0.3, -0.25) is 9.69 Å². The molecule has 3 aromatic rings. The summed E-state index contributed by atoms with van der Waals surface area (Å²) in [6.45, 7) is 8.90. The predicted octanol–water partition coefficient (Wildman–Crippen LogP) is 3.02. The number of aromatic nitrogens is 1. The van der Waals surface area contributed by atoms with E-state index in [1.807, 2.05) is 6.92 Å². The van der Waals surface area contributed by atoms with Gasteiger partial charge in [-0.25, -0.2) is 13.4 Å². The maximum atomic E-state index is 12.4. The number of para-hydroxylation sites is 1. The normalized spacial score (nSPS) is 15.2. The van der Waals surface area contributed by atoms with E-state index in [0.717, 1.165) is 48.9 Å². The Bertz CT molecular complexity index is 1210. The van der Waals surface area contributed by atoms with Crippen molar-refractivity contribution in [3.8, 4) is 0 Å². The molecule has 1 aromatic heterocycles. The molecule has 1 fully saturated rings. The van der Waals surface area contributed by atoms with E-state index in [9.17, 15) is 13.2 Å². The largest absolute Gasteiger partial charge is 0.355 e. The van der Waals surface area contributed by atoms with Crippen LogP contribution in [-0.4, -0.2) is 69.2 Å². The van der Waals surface area contributed by atoms with Crippen LogP contribution in [0.15, 0.2) is 47.4 Å². The van der Waals surface area contributed by atoms with E-state index in [2.05, 4.69) is 40.2 Å². The number of sulfone groups is 1. The zero-order chi connectivity index (χ0) is 23.4. The lowest BCUT2D eigenvalue weighted by Crippen LogP contribution is -2.48. The first-order chi connectivity index (χ1) is 15.8. The van der Waals surface area contributed by atoms with Crippen LogP contribution in [0.2, 0.25) is 0 Å². The van der Waals surface area contributed by atoms with E-state index in [0.29, 0.717) is 6.54 Å². The van der Waals surface area contributed by atoms with Gasteiger partial charge in [0.15, 0.2) is 15.0 Å². The van der Waals surface area contributed by atoms with E-state index >= 15 is 0 Å². The number of thiazole rings is 1. The fourth-order valence-corrected chi connectivity index (χ4v) is 6.24. The second-order valence-corrected chi connectivity index (χ2v) is 11.6. The maximum Gasteiger partial charge on any atom is 0.221 e. The molecule has 4 rings (SSSR count). The molecule has 1 N–H and O–H groups in total. The number of anilines is 1. The van der Waals surface area contributed by atoms with Crippen molar-refractivity contribution >= 4 is 42.4 Å². The van der Waals surface area contributed by atoms with E-state index in [-0.39, 0.29) is 23.0 Å². The van der Waals surface area contributed by atoms with Crippen LogP contribution in [0.5, 0.6) is 0 Å². The van der Waals surface area contributed by atoms with Crippen molar-refractivity contribution in [2.75, 3.05) is 49.9 Å². The summed E-state index contributed by atoms with van der Waals surface area (Å²) in [6.07, 6.45) is -0.0268. The second-order valence-electron chi connectivity index (χ2n) is 8.48. The molecule has 1 aliphatic rings. The van der Waals surface area contributed by atoms with Crippen molar-refractivity contribution in [2.24, 2.45) is 0 Å². The van der Waals surface area contributed by atoms with E-state index < -0.39 is 9.84 Å². The van der Waals surface area contributed by atoms with Gasteiger partial charge < -0.3 is 10.2 Å². The van der Waals surface area contributed by atoms with E-state index in [4.69, 9.17) is 4.98 Å². The van der Waals surface area contributed by atoms with Gasteiger partial charge in [-0.2, -0.15) is 0 Å². The zero-order valence-corrected chi connectivity index (χ0v) is 20.7. The molecular formula is C24H30N4O3S2. The Labute approximate surface area is 199 Å². The number of amides is 1. The molecule has 0 spiro atoms. The number of carbonyl (C=O) groups excluding carboxylic acids is 1. The van der Waals surface area contributed by atoms with Crippen LogP contribution in [-0.2, 0) is 14.6 Å². The van der Waals surface area contributed by atoms with Gasteiger partial charge in [0.1, 0.15) is 0 Å². The molecule has 9 heteroatoms. The fourth-order valence-electron chi connectivity index (χ4n) is 3.90. The molecule has 1 amide bonds. The number of fused-ring (bicyclic) bond motifs is 1. The summed E-state index contributed by atoms with van der Waals surface area (Å²) in [5, 5.41) is 3.93. The number of rotatable bonds is 8. The third-order valence-electron chi connectivity index (χ3n) is 5.98. The van der Waals surface area contributed by atoms with Gasteiger partial charge in [-0.15, -0.1) is 0 Å². The quantitative estimate of drug-likeness (QED) is 0.527. The average molecular weight is 487 g/mol. The number of benzene rings is 2. The number of nitrogens with zero attached hydrogens (tertiary/aromatic N) is 3. The molecule has 1 saturated heterocycles. The molecule has 0 saturated carbocycles. The van der Waals surface area contributed by atoms with Crippen LogP contribution in [0.3, 0.4) is 0 Å². The highest BCUT2D eigenvalue weighted by Crippen LogP contribution is 2.30. The number of hydrogen-bond acceptors (Lipinski definition) is 7. The summed E-state index contributed by atoms with van der Waals surface area (Å²) in [5.41, 5.74) is 3.30. The van der Waals surface area contributed by atoms with Crippen molar-refractivity contribution in [3.05, 3.63) is 53.6 Å². The Balaban J connectivity index is 1.18. The first kappa shape index (κ1) is 23.7. The van der Waals surface area contributed by atoms with E-state index in [1.54, 1.807) is 35.6 Å². The molecule has 2 heterocycles. The third-order valence-corrected chi connectivity index (χ3v) is 8.79. The Hall–Kier alpha value is -2.49. The fraction of sp³-hybridized carbons (Fsp3) is 0.417. The van der Waals surface area contributed by atoms with Crippen molar-refractivity contribution < 1.29 is 13.2 Å². The summed E-state index contributed by atoms with van der Waals surface area (Å²) < 4.78 is 26.0. The standard InChI is InChI=1S/C24H30N4O3S2/c1-18-6-8-20(9-7-18)33(30,31)17-10-22(29)25-11-12-27-13-15-28(16-14-27)24-26-23-19(2)4-3-5-21(23)32-24/h3-9H,10-17H2,1-2H3,(H,25,29). The lowest BCUT2D eigenvalue weighted by Gasteiger charge is -2.34. The molecule has 0 unspecified atom stereocenters. The lowest BCUT2D eigenvalue weighted by atomic mass is 10.2. The minimum atomic E-state index is -3.44. The van der Waals surface area contributed by atoms with Crippen LogP contribution in [0.1, 0.15) is 17.5 Å². The van der Waals surface area contributed by atoms with Crippen LogP contribution in [0.4, 0.5) is 5.13 Å². The predicted molar refractivity (Wildman–Crippen MR) is 134 cm³/mol.